The van der Waals surface area contributed by atoms with E-state index < -0.39 is 28.4 Å². The van der Waals surface area contributed by atoms with E-state index in [-0.39, 0.29) is 17.2 Å². The van der Waals surface area contributed by atoms with Crippen LogP contribution in [0.2, 0.25) is 0 Å². The fourth-order valence-corrected chi connectivity index (χ4v) is 3.21. The van der Waals surface area contributed by atoms with Crippen molar-refractivity contribution in [2.45, 2.75) is 12.8 Å². The van der Waals surface area contributed by atoms with Gasteiger partial charge in [-0.2, -0.15) is 0 Å². The Morgan fingerprint density at radius 2 is 1.97 bits per heavy atom. The third-order valence-electron chi connectivity index (χ3n) is 4.78. The van der Waals surface area contributed by atoms with Gasteiger partial charge in [-0.05, 0) is 25.0 Å². The minimum absolute atomic E-state index is 0.0629. The van der Waals surface area contributed by atoms with Gasteiger partial charge >= 0.3 is 11.7 Å². The molecule has 0 saturated carbocycles. The van der Waals surface area contributed by atoms with Crippen molar-refractivity contribution in [3.05, 3.63) is 46.3 Å². The summed E-state index contributed by atoms with van der Waals surface area (Å²) in [7, 11) is 1.43. The molecule has 1 fully saturated rings. The molecular formula is C18H20N6O6. The fraction of sp³-hybridized carbons (Fsp3) is 0.333. The quantitative estimate of drug-likeness (QED) is 0.445. The van der Waals surface area contributed by atoms with Crippen LogP contribution in [0.5, 0.6) is 5.75 Å². The first-order chi connectivity index (χ1) is 14.4. The number of hydrogen-bond acceptors (Lipinski definition) is 9. The van der Waals surface area contributed by atoms with Crippen LogP contribution in [0.25, 0.3) is 0 Å². The second-order valence-electron chi connectivity index (χ2n) is 6.53. The van der Waals surface area contributed by atoms with E-state index in [1.807, 2.05) is 0 Å². The van der Waals surface area contributed by atoms with Crippen LogP contribution in [-0.4, -0.2) is 52.1 Å². The maximum absolute atomic E-state index is 12.4. The highest BCUT2D eigenvalue weighted by molar-refractivity contribution is 5.97. The second kappa shape index (κ2) is 9.03. The molecule has 3 N–H and O–H groups in total. The minimum Gasteiger partial charge on any atom is -0.496 e. The molecule has 1 amide bonds. The Labute approximate surface area is 171 Å². The fourth-order valence-electron chi connectivity index (χ4n) is 3.21. The number of piperidine rings is 1. The molecule has 12 heteroatoms. The molecule has 1 aromatic heterocycles. The maximum Gasteiger partial charge on any atom is 0.355 e. The van der Waals surface area contributed by atoms with Crippen LogP contribution in [0.3, 0.4) is 0 Å². The van der Waals surface area contributed by atoms with Crippen molar-refractivity contribution in [2.75, 3.05) is 30.5 Å². The van der Waals surface area contributed by atoms with E-state index in [1.54, 1.807) is 29.2 Å². The summed E-state index contributed by atoms with van der Waals surface area (Å²) in [6.07, 6.45) is 1.84. The summed E-state index contributed by atoms with van der Waals surface area (Å²) in [5.74, 6) is -1.71. The highest BCUT2D eigenvalue weighted by Crippen LogP contribution is 2.33. The van der Waals surface area contributed by atoms with Crippen molar-refractivity contribution in [3.8, 4) is 5.75 Å². The minimum atomic E-state index is -0.881. The van der Waals surface area contributed by atoms with E-state index in [9.17, 15) is 19.7 Å². The molecule has 0 atom stereocenters. The van der Waals surface area contributed by atoms with Gasteiger partial charge in [0.1, 0.15) is 12.1 Å². The molecule has 0 unspecified atom stereocenters. The molecule has 2 heterocycles. The van der Waals surface area contributed by atoms with Crippen LogP contribution in [0.4, 0.5) is 17.3 Å². The van der Waals surface area contributed by atoms with Crippen LogP contribution in [0, 0.1) is 16.0 Å². The number of methoxy groups -OCH3 is 1. The molecular weight excluding hydrogens is 396 g/mol. The van der Waals surface area contributed by atoms with Crippen LogP contribution in [0.1, 0.15) is 23.2 Å². The number of aliphatic carboxylic acids is 1. The van der Waals surface area contributed by atoms with E-state index in [1.165, 1.54) is 7.11 Å². The highest BCUT2D eigenvalue weighted by Gasteiger charge is 2.31. The Bertz CT molecular complexity index is 960. The summed E-state index contributed by atoms with van der Waals surface area (Å²) in [4.78, 5) is 44.2. The summed E-state index contributed by atoms with van der Waals surface area (Å²) in [5, 5.41) is 20.8. The van der Waals surface area contributed by atoms with Gasteiger partial charge in [-0.15, -0.1) is 0 Å². The Balaban J connectivity index is 1.79. The SMILES string of the molecule is COc1ccccc1C(=O)NNc1ncnc(N2CCC(C(=O)O)CC2)c1[N+](=O)[O-]. The summed E-state index contributed by atoms with van der Waals surface area (Å²) < 4.78 is 5.13. The van der Waals surface area contributed by atoms with Gasteiger partial charge in [0.25, 0.3) is 5.91 Å². The summed E-state index contributed by atoms with van der Waals surface area (Å²) in [5.41, 5.74) is 4.69. The van der Waals surface area contributed by atoms with Gasteiger partial charge in [0.15, 0.2) is 0 Å². The van der Waals surface area contributed by atoms with Gasteiger partial charge in [0, 0.05) is 13.1 Å². The molecule has 0 spiro atoms. The molecule has 1 aliphatic rings. The predicted molar refractivity (Wildman–Crippen MR) is 105 cm³/mol. The number of carbonyl (C=O) groups is 2. The molecule has 1 aromatic carbocycles. The maximum atomic E-state index is 12.4. The third kappa shape index (κ3) is 4.37. The number of para-hydroxylation sites is 1. The van der Waals surface area contributed by atoms with Crippen LogP contribution in [-0.2, 0) is 4.79 Å². The number of carbonyl (C=O) groups excluding carboxylic acids is 1. The molecule has 158 valence electrons. The van der Waals surface area contributed by atoms with Gasteiger partial charge < -0.3 is 14.7 Å². The molecule has 3 rings (SSSR count). The Hall–Kier alpha value is -3.96. The number of rotatable bonds is 7. The molecule has 1 aliphatic heterocycles. The lowest BCUT2D eigenvalue weighted by Crippen LogP contribution is -2.37. The number of hydrazine groups is 1. The number of nitrogens with one attached hydrogen (secondary N) is 2. The van der Waals surface area contributed by atoms with Crippen molar-refractivity contribution in [1.82, 2.24) is 15.4 Å². The number of carboxylic acids is 1. The lowest BCUT2D eigenvalue weighted by Gasteiger charge is -2.30. The zero-order valence-corrected chi connectivity index (χ0v) is 16.1. The lowest BCUT2D eigenvalue weighted by molar-refractivity contribution is -0.383. The van der Waals surface area contributed by atoms with Crippen molar-refractivity contribution in [3.63, 3.8) is 0 Å². The van der Waals surface area contributed by atoms with Gasteiger partial charge in [0.2, 0.25) is 11.6 Å². The Kier molecular flexibility index (Phi) is 6.25. The first-order valence-corrected chi connectivity index (χ1v) is 9.09. The van der Waals surface area contributed by atoms with Crippen LogP contribution >= 0.6 is 0 Å². The number of amides is 1. The zero-order valence-electron chi connectivity index (χ0n) is 16.1. The van der Waals surface area contributed by atoms with Crippen LogP contribution < -0.4 is 20.5 Å². The monoisotopic (exact) mass is 416 g/mol. The average Bonchev–Trinajstić information content (AvgIpc) is 2.77. The van der Waals surface area contributed by atoms with Gasteiger partial charge in [0.05, 0.1) is 23.5 Å². The number of aromatic nitrogens is 2. The Morgan fingerprint density at radius 3 is 2.60 bits per heavy atom. The average molecular weight is 416 g/mol. The molecule has 0 bridgehead atoms. The number of carboxylic acid groups (broad SMARTS) is 1. The Morgan fingerprint density at radius 1 is 1.27 bits per heavy atom. The zero-order chi connectivity index (χ0) is 21.7. The van der Waals surface area contributed by atoms with E-state index in [2.05, 4.69) is 20.8 Å². The molecule has 0 aliphatic carbocycles. The number of benzene rings is 1. The molecule has 30 heavy (non-hydrogen) atoms. The standard InChI is InChI=1S/C18H20N6O6/c1-30-13-5-3-2-4-12(13)17(25)22-21-15-14(24(28)29)16(20-10-19-15)23-8-6-11(7-9-23)18(26)27/h2-5,10-11H,6-9H2,1H3,(H,22,25)(H,26,27)(H,19,20,21). The number of nitro groups is 1. The smallest absolute Gasteiger partial charge is 0.355 e. The largest absolute Gasteiger partial charge is 0.496 e. The van der Waals surface area contributed by atoms with Gasteiger partial charge in [-0.1, -0.05) is 12.1 Å². The molecule has 1 saturated heterocycles. The summed E-state index contributed by atoms with van der Waals surface area (Å²) in [6.45, 7) is 0.615. The molecule has 0 radical (unpaired) electrons. The first-order valence-electron chi connectivity index (χ1n) is 9.09. The normalized spacial score (nSPS) is 14.1. The van der Waals surface area contributed by atoms with Crippen molar-refractivity contribution in [1.29, 1.82) is 0 Å². The van der Waals surface area contributed by atoms with Gasteiger partial charge in [-0.3, -0.25) is 30.6 Å². The number of nitrogens with zero attached hydrogens (tertiary/aromatic N) is 4. The summed E-state index contributed by atoms with van der Waals surface area (Å²) in [6, 6.07) is 6.52. The van der Waals surface area contributed by atoms with E-state index in [0.29, 0.717) is 31.7 Å². The van der Waals surface area contributed by atoms with Gasteiger partial charge in [-0.25, -0.2) is 9.97 Å². The molecule has 2 aromatic rings. The summed E-state index contributed by atoms with van der Waals surface area (Å²) >= 11 is 0. The van der Waals surface area contributed by atoms with E-state index in [0.717, 1.165) is 6.33 Å². The van der Waals surface area contributed by atoms with Crippen molar-refractivity contribution < 1.29 is 24.4 Å². The van der Waals surface area contributed by atoms with Crippen LogP contribution in [0.15, 0.2) is 30.6 Å². The topological polar surface area (TPSA) is 160 Å². The second-order valence-corrected chi connectivity index (χ2v) is 6.53. The van der Waals surface area contributed by atoms with E-state index >= 15 is 0 Å². The van der Waals surface area contributed by atoms with E-state index in [4.69, 9.17) is 9.84 Å². The number of anilines is 2. The first kappa shape index (κ1) is 20.8. The lowest BCUT2D eigenvalue weighted by atomic mass is 9.97. The number of ether oxygens (including phenoxy) is 1. The van der Waals surface area contributed by atoms with Crippen molar-refractivity contribution in [2.24, 2.45) is 5.92 Å². The third-order valence-corrected chi connectivity index (χ3v) is 4.78. The molecule has 12 nitrogen and oxygen atoms in total. The number of hydrogen-bond donors (Lipinski definition) is 3. The van der Waals surface area contributed by atoms with Crippen molar-refractivity contribution >= 4 is 29.2 Å². The highest BCUT2D eigenvalue weighted by atomic mass is 16.6. The predicted octanol–water partition coefficient (Wildman–Crippen LogP) is 1.45.